The minimum atomic E-state index is 0.172. The van der Waals surface area contributed by atoms with Gasteiger partial charge in [-0.25, -0.2) is 0 Å². The summed E-state index contributed by atoms with van der Waals surface area (Å²) < 4.78 is 0. The van der Waals surface area contributed by atoms with Crippen molar-refractivity contribution in [2.75, 3.05) is 12.3 Å². The highest BCUT2D eigenvalue weighted by Crippen LogP contribution is 2.24. The Morgan fingerprint density at radius 2 is 1.72 bits per heavy atom. The van der Waals surface area contributed by atoms with Gasteiger partial charge < -0.3 is 11.1 Å². The first kappa shape index (κ1) is 13.4. The Kier molecular flexibility index (Phi) is 4.28. The molecular weight excluding hydrogens is 220 g/mol. The highest BCUT2D eigenvalue weighted by atomic mass is 14.9. The van der Waals surface area contributed by atoms with Crippen molar-refractivity contribution in [1.82, 2.24) is 5.32 Å². The summed E-state index contributed by atoms with van der Waals surface area (Å²) in [5.74, 6) is 0. The van der Waals surface area contributed by atoms with E-state index in [-0.39, 0.29) is 5.41 Å². The van der Waals surface area contributed by atoms with E-state index in [0.29, 0.717) is 0 Å². The first-order valence-corrected chi connectivity index (χ1v) is 7.17. The molecule has 0 spiro atoms. The van der Waals surface area contributed by atoms with Gasteiger partial charge in [-0.2, -0.15) is 0 Å². The molecule has 1 aliphatic carbocycles. The number of hydrogen-bond acceptors (Lipinski definition) is 2. The largest absolute Gasteiger partial charge is 0.399 e. The normalized spacial score (nSPS) is 17.9. The van der Waals surface area contributed by atoms with Crippen LogP contribution < -0.4 is 11.1 Å². The summed E-state index contributed by atoms with van der Waals surface area (Å²) in [5, 5.41) is 3.74. The summed E-state index contributed by atoms with van der Waals surface area (Å²) in [6.07, 6.45) is 6.88. The van der Waals surface area contributed by atoms with Gasteiger partial charge in [0.1, 0.15) is 0 Å². The number of rotatable bonds is 4. The lowest BCUT2D eigenvalue weighted by Crippen LogP contribution is -2.40. The van der Waals surface area contributed by atoms with E-state index in [1.54, 1.807) is 0 Å². The lowest BCUT2D eigenvalue weighted by atomic mass is 9.83. The monoisotopic (exact) mass is 246 g/mol. The van der Waals surface area contributed by atoms with Gasteiger partial charge in [0.15, 0.2) is 0 Å². The second kappa shape index (κ2) is 5.75. The number of anilines is 1. The average Bonchev–Trinajstić information content (AvgIpc) is 2.38. The Morgan fingerprint density at radius 3 is 2.33 bits per heavy atom. The van der Waals surface area contributed by atoms with Gasteiger partial charge in [0.25, 0.3) is 0 Å². The van der Waals surface area contributed by atoms with Gasteiger partial charge >= 0.3 is 0 Å². The Hall–Kier alpha value is -1.02. The fraction of sp³-hybridized carbons (Fsp3) is 0.625. The lowest BCUT2D eigenvalue weighted by Gasteiger charge is -2.30. The Balaban J connectivity index is 1.91. The summed E-state index contributed by atoms with van der Waals surface area (Å²) in [5.41, 5.74) is 8.12. The van der Waals surface area contributed by atoms with E-state index in [9.17, 15) is 0 Å². The van der Waals surface area contributed by atoms with E-state index in [0.717, 1.165) is 18.3 Å². The second-order valence-electron chi connectivity index (χ2n) is 6.22. The molecule has 0 radical (unpaired) electrons. The maximum atomic E-state index is 5.75. The first-order chi connectivity index (χ1) is 8.58. The zero-order valence-electron chi connectivity index (χ0n) is 11.7. The summed E-state index contributed by atoms with van der Waals surface area (Å²) in [4.78, 5) is 0. The maximum absolute atomic E-state index is 5.75. The zero-order chi connectivity index (χ0) is 13.0. The fourth-order valence-corrected chi connectivity index (χ4v) is 2.74. The minimum Gasteiger partial charge on any atom is -0.399 e. The van der Waals surface area contributed by atoms with Crippen molar-refractivity contribution in [2.45, 2.75) is 57.4 Å². The molecule has 1 saturated carbocycles. The quantitative estimate of drug-likeness (QED) is 0.798. The van der Waals surface area contributed by atoms with Crippen molar-refractivity contribution in [3.63, 3.8) is 0 Å². The molecule has 0 unspecified atom stereocenters. The van der Waals surface area contributed by atoms with E-state index >= 15 is 0 Å². The van der Waals surface area contributed by atoms with Crippen LogP contribution in [0.2, 0.25) is 0 Å². The standard InChI is InChI=1S/C16H26N2/c1-16(2,13-8-10-14(17)11-9-13)12-18-15-6-4-3-5-7-15/h8-11,15,18H,3-7,12,17H2,1-2H3. The SMILES string of the molecule is CC(C)(CNC1CCCCC1)c1ccc(N)cc1. The van der Waals surface area contributed by atoms with E-state index in [1.165, 1.54) is 37.7 Å². The second-order valence-corrected chi connectivity index (χ2v) is 6.22. The molecule has 2 rings (SSSR count). The molecule has 18 heavy (non-hydrogen) atoms. The molecule has 0 amide bonds. The van der Waals surface area contributed by atoms with Gasteiger partial charge in [0.05, 0.1) is 0 Å². The van der Waals surface area contributed by atoms with Crippen molar-refractivity contribution in [1.29, 1.82) is 0 Å². The number of hydrogen-bond donors (Lipinski definition) is 2. The smallest absolute Gasteiger partial charge is 0.0314 e. The van der Waals surface area contributed by atoms with Crippen molar-refractivity contribution in [3.8, 4) is 0 Å². The van der Waals surface area contributed by atoms with Gasteiger partial charge in [-0.3, -0.25) is 0 Å². The van der Waals surface area contributed by atoms with Gasteiger partial charge in [0.2, 0.25) is 0 Å². The number of nitrogen functional groups attached to an aromatic ring is 1. The van der Waals surface area contributed by atoms with Crippen LogP contribution in [0.15, 0.2) is 24.3 Å². The molecule has 0 bridgehead atoms. The van der Waals surface area contributed by atoms with Crippen LogP contribution in [-0.4, -0.2) is 12.6 Å². The van der Waals surface area contributed by atoms with E-state index in [4.69, 9.17) is 5.73 Å². The maximum Gasteiger partial charge on any atom is 0.0314 e. The molecule has 0 heterocycles. The molecule has 0 aliphatic heterocycles. The molecule has 0 atom stereocenters. The number of benzene rings is 1. The van der Waals surface area contributed by atoms with E-state index in [2.05, 4.69) is 31.3 Å². The molecule has 100 valence electrons. The van der Waals surface area contributed by atoms with Crippen LogP contribution in [0.3, 0.4) is 0 Å². The molecule has 2 heteroatoms. The number of nitrogens with one attached hydrogen (secondary N) is 1. The van der Waals surface area contributed by atoms with Crippen LogP contribution >= 0.6 is 0 Å². The van der Waals surface area contributed by atoms with Crippen molar-refractivity contribution in [2.24, 2.45) is 0 Å². The summed E-state index contributed by atoms with van der Waals surface area (Å²) in [6.45, 7) is 5.64. The molecule has 2 nitrogen and oxygen atoms in total. The minimum absolute atomic E-state index is 0.172. The van der Waals surface area contributed by atoms with Crippen LogP contribution in [0.4, 0.5) is 5.69 Å². The molecule has 1 aromatic rings. The third-order valence-corrected chi connectivity index (χ3v) is 4.13. The zero-order valence-corrected chi connectivity index (χ0v) is 11.7. The highest BCUT2D eigenvalue weighted by molar-refractivity contribution is 5.41. The lowest BCUT2D eigenvalue weighted by molar-refractivity contribution is 0.341. The van der Waals surface area contributed by atoms with Crippen LogP contribution in [0.25, 0.3) is 0 Å². The summed E-state index contributed by atoms with van der Waals surface area (Å²) in [6, 6.07) is 9.03. The van der Waals surface area contributed by atoms with E-state index in [1.807, 2.05) is 12.1 Å². The molecule has 0 aromatic heterocycles. The number of nitrogens with two attached hydrogens (primary N) is 1. The predicted molar refractivity (Wildman–Crippen MR) is 78.8 cm³/mol. The van der Waals surface area contributed by atoms with E-state index < -0.39 is 0 Å². The Bertz CT molecular complexity index is 361. The van der Waals surface area contributed by atoms with Gasteiger partial charge in [-0.05, 0) is 30.5 Å². The average molecular weight is 246 g/mol. The predicted octanol–water partition coefficient (Wildman–Crippen LogP) is 3.47. The third kappa shape index (κ3) is 3.49. The molecular formula is C16H26N2. The Morgan fingerprint density at radius 1 is 1.11 bits per heavy atom. The van der Waals surface area contributed by atoms with Crippen LogP contribution in [0.1, 0.15) is 51.5 Å². The Labute approximate surface area is 111 Å². The topological polar surface area (TPSA) is 38.0 Å². The van der Waals surface area contributed by atoms with Crippen molar-refractivity contribution in [3.05, 3.63) is 29.8 Å². The van der Waals surface area contributed by atoms with Crippen LogP contribution in [0, 0.1) is 0 Å². The molecule has 0 saturated heterocycles. The highest BCUT2D eigenvalue weighted by Gasteiger charge is 2.22. The summed E-state index contributed by atoms with van der Waals surface area (Å²) in [7, 11) is 0. The van der Waals surface area contributed by atoms with Gasteiger partial charge in [-0.1, -0.05) is 45.2 Å². The van der Waals surface area contributed by atoms with Crippen molar-refractivity contribution >= 4 is 5.69 Å². The molecule has 1 fully saturated rings. The summed E-state index contributed by atoms with van der Waals surface area (Å²) >= 11 is 0. The van der Waals surface area contributed by atoms with Gasteiger partial charge in [0, 0.05) is 23.7 Å². The van der Waals surface area contributed by atoms with Gasteiger partial charge in [-0.15, -0.1) is 0 Å². The fourth-order valence-electron chi connectivity index (χ4n) is 2.74. The first-order valence-electron chi connectivity index (χ1n) is 7.17. The third-order valence-electron chi connectivity index (χ3n) is 4.13. The molecule has 3 N–H and O–H groups in total. The van der Waals surface area contributed by atoms with Crippen LogP contribution in [-0.2, 0) is 5.41 Å². The van der Waals surface area contributed by atoms with Crippen molar-refractivity contribution < 1.29 is 0 Å². The molecule has 1 aliphatic rings. The van der Waals surface area contributed by atoms with Crippen LogP contribution in [0.5, 0.6) is 0 Å². The molecule has 1 aromatic carbocycles.